The Morgan fingerprint density at radius 3 is 2.29 bits per heavy atom. The Morgan fingerprint density at radius 1 is 1.10 bits per heavy atom. The second kappa shape index (κ2) is 7.95. The molecule has 118 valence electrons. The smallest absolute Gasteiger partial charge is 0.102 e. The second-order valence-corrected chi connectivity index (χ2v) is 6.88. The summed E-state index contributed by atoms with van der Waals surface area (Å²) < 4.78 is 5.97. The third kappa shape index (κ3) is 5.12. The standard InChI is InChI=1S/C19H30O2/c1-4-5-16-6-8-17(9-7-16)19(20)13-21-18-11-14(2)10-15(3)12-18/h6-9,14-15,18-20H,4-5,10-13H2,1-3H3. The van der Waals surface area contributed by atoms with E-state index >= 15 is 0 Å². The topological polar surface area (TPSA) is 29.5 Å². The molecule has 0 bridgehead atoms. The fourth-order valence-corrected chi connectivity index (χ4v) is 3.53. The highest BCUT2D eigenvalue weighted by Gasteiger charge is 2.25. The van der Waals surface area contributed by atoms with Gasteiger partial charge >= 0.3 is 0 Å². The van der Waals surface area contributed by atoms with Crippen LogP contribution in [0, 0.1) is 11.8 Å². The van der Waals surface area contributed by atoms with Crippen molar-refractivity contribution in [2.45, 2.75) is 65.1 Å². The Kier molecular flexibility index (Phi) is 6.25. The number of hydrogen-bond donors (Lipinski definition) is 1. The lowest BCUT2D eigenvalue weighted by Gasteiger charge is -2.31. The first-order valence-electron chi connectivity index (χ1n) is 8.47. The van der Waals surface area contributed by atoms with E-state index in [9.17, 15) is 5.11 Å². The average Bonchev–Trinajstić information content (AvgIpc) is 2.45. The molecule has 0 amide bonds. The average molecular weight is 290 g/mol. The van der Waals surface area contributed by atoms with Crippen LogP contribution in [0.5, 0.6) is 0 Å². The van der Waals surface area contributed by atoms with Crippen molar-refractivity contribution in [2.75, 3.05) is 6.61 Å². The molecule has 1 aliphatic carbocycles. The van der Waals surface area contributed by atoms with Gasteiger partial charge in [0.05, 0.1) is 12.7 Å². The van der Waals surface area contributed by atoms with Gasteiger partial charge in [-0.3, -0.25) is 0 Å². The summed E-state index contributed by atoms with van der Waals surface area (Å²) in [7, 11) is 0. The molecule has 3 unspecified atom stereocenters. The zero-order chi connectivity index (χ0) is 15.2. The Labute approximate surface area is 129 Å². The van der Waals surface area contributed by atoms with Gasteiger partial charge in [0.15, 0.2) is 0 Å². The molecule has 1 aromatic carbocycles. The summed E-state index contributed by atoms with van der Waals surface area (Å²) in [5, 5.41) is 10.3. The SMILES string of the molecule is CCCc1ccc(C(O)COC2CC(C)CC(C)C2)cc1. The first-order chi connectivity index (χ1) is 10.1. The Hall–Kier alpha value is -0.860. The summed E-state index contributed by atoms with van der Waals surface area (Å²) in [5.41, 5.74) is 2.30. The molecule has 0 heterocycles. The van der Waals surface area contributed by atoms with Crippen molar-refractivity contribution in [3.05, 3.63) is 35.4 Å². The Bertz CT molecular complexity index is 402. The van der Waals surface area contributed by atoms with E-state index in [1.54, 1.807) is 0 Å². The fraction of sp³-hybridized carbons (Fsp3) is 0.684. The molecule has 1 fully saturated rings. The third-order valence-electron chi connectivity index (χ3n) is 4.53. The second-order valence-electron chi connectivity index (χ2n) is 6.88. The van der Waals surface area contributed by atoms with Gasteiger partial charge in [0, 0.05) is 0 Å². The molecule has 1 aromatic rings. The van der Waals surface area contributed by atoms with Crippen molar-refractivity contribution >= 4 is 0 Å². The molecule has 0 saturated heterocycles. The van der Waals surface area contributed by atoms with Gasteiger partial charge in [0.25, 0.3) is 0 Å². The molecule has 0 spiro atoms. The number of benzene rings is 1. The first-order valence-corrected chi connectivity index (χ1v) is 8.47. The van der Waals surface area contributed by atoms with Crippen molar-refractivity contribution in [1.29, 1.82) is 0 Å². The molecule has 2 heteroatoms. The first kappa shape index (κ1) is 16.5. The molecule has 1 saturated carbocycles. The lowest BCUT2D eigenvalue weighted by atomic mass is 9.82. The van der Waals surface area contributed by atoms with Crippen LogP contribution in [0.3, 0.4) is 0 Å². The van der Waals surface area contributed by atoms with E-state index in [-0.39, 0.29) is 0 Å². The van der Waals surface area contributed by atoms with Crippen molar-refractivity contribution in [2.24, 2.45) is 11.8 Å². The van der Waals surface area contributed by atoms with Crippen molar-refractivity contribution in [3.8, 4) is 0 Å². The summed E-state index contributed by atoms with van der Waals surface area (Å²) >= 11 is 0. The van der Waals surface area contributed by atoms with E-state index in [2.05, 4.69) is 32.9 Å². The van der Waals surface area contributed by atoms with E-state index in [1.807, 2.05) is 12.1 Å². The van der Waals surface area contributed by atoms with Crippen LogP contribution in [-0.4, -0.2) is 17.8 Å². The zero-order valence-electron chi connectivity index (χ0n) is 13.7. The minimum absolute atomic E-state index is 0.317. The molecular formula is C19H30O2. The van der Waals surface area contributed by atoms with Gasteiger partial charge < -0.3 is 9.84 Å². The van der Waals surface area contributed by atoms with Gasteiger partial charge in [0.1, 0.15) is 6.10 Å². The molecule has 3 atom stereocenters. The Morgan fingerprint density at radius 2 is 1.71 bits per heavy atom. The fourth-order valence-electron chi connectivity index (χ4n) is 3.53. The number of aliphatic hydroxyl groups excluding tert-OH is 1. The van der Waals surface area contributed by atoms with E-state index in [0.717, 1.165) is 43.1 Å². The van der Waals surface area contributed by atoms with Crippen LogP contribution in [-0.2, 0) is 11.2 Å². The van der Waals surface area contributed by atoms with Crippen LogP contribution >= 0.6 is 0 Å². The molecule has 0 aromatic heterocycles. The van der Waals surface area contributed by atoms with Gasteiger partial charge in [0.2, 0.25) is 0 Å². The summed E-state index contributed by atoms with van der Waals surface area (Å²) in [6, 6.07) is 8.30. The highest BCUT2D eigenvalue weighted by molar-refractivity contribution is 5.24. The summed E-state index contributed by atoms with van der Waals surface area (Å²) in [6.07, 6.45) is 5.64. The normalized spacial score (nSPS) is 27.5. The van der Waals surface area contributed by atoms with Crippen LogP contribution in [0.4, 0.5) is 0 Å². The maximum Gasteiger partial charge on any atom is 0.102 e. The summed E-state index contributed by atoms with van der Waals surface area (Å²) in [6.45, 7) is 7.20. The highest BCUT2D eigenvalue weighted by atomic mass is 16.5. The molecule has 0 aliphatic heterocycles. The van der Waals surface area contributed by atoms with E-state index in [0.29, 0.717) is 12.7 Å². The quantitative estimate of drug-likeness (QED) is 0.835. The van der Waals surface area contributed by atoms with Crippen LogP contribution in [0.15, 0.2) is 24.3 Å². The van der Waals surface area contributed by atoms with Crippen molar-refractivity contribution in [3.63, 3.8) is 0 Å². The van der Waals surface area contributed by atoms with E-state index < -0.39 is 6.10 Å². The lowest BCUT2D eigenvalue weighted by molar-refractivity contribution is -0.0412. The summed E-state index contributed by atoms with van der Waals surface area (Å²) in [4.78, 5) is 0. The maximum absolute atomic E-state index is 10.3. The maximum atomic E-state index is 10.3. The predicted molar refractivity (Wildman–Crippen MR) is 87.3 cm³/mol. The predicted octanol–water partition coefficient (Wildman–Crippen LogP) is 4.51. The zero-order valence-corrected chi connectivity index (χ0v) is 13.7. The lowest BCUT2D eigenvalue weighted by Crippen LogP contribution is -2.27. The number of hydrogen-bond acceptors (Lipinski definition) is 2. The summed E-state index contributed by atoms with van der Waals surface area (Å²) in [5.74, 6) is 1.48. The van der Waals surface area contributed by atoms with Gasteiger partial charge in [-0.25, -0.2) is 0 Å². The molecular weight excluding hydrogens is 260 g/mol. The number of aryl methyl sites for hydroxylation is 1. The number of ether oxygens (including phenoxy) is 1. The molecule has 0 radical (unpaired) electrons. The number of rotatable bonds is 6. The number of aliphatic hydroxyl groups is 1. The largest absolute Gasteiger partial charge is 0.386 e. The third-order valence-corrected chi connectivity index (χ3v) is 4.53. The van der Waals surface area contributed by atoms with Crippen LogP contribution in [0.2, 0.25) is 0 Å². The van der Waals surface area contributed by atoms with Gasteiger partial charge in [-0.15, -0.1) is 0 Å². The molecule has 21 heavy (non-hydrogen) atoms. The van der Waals surface area contributed by atoms with Gasteiger partial charge in [-0.05, 0) is 48.6 Å². The molecule has 1 aliphatic rings. The van der Waals surface area contributed by atoms with E-state index in [1.165, 1.54) is 12.0 Å². The van der Waals surface area contributed by atoms with Crippen molar-refractivity contribution < 1.29 is 9.84 Å². The van der Waals surface area contributed by atoms with Crippen LogP contribution < -0.4 is 0 Å². The van der Waals surface area contributed by atoms with Crippen LogP contribution in [0.25, 0.3) is 0 Å². The molecule has 1 N–H and O–H groups in total. The van der Waals surface area contributed by atoms with Gasteiger partial charge in [-0.2, -0.15) is 0 Å². The molecule has 2 nitrogen and oxygen atoms in total. The minimum atomic E-state index is -0.506. The minimum Gasteiger partial charge on any atom is -0.386 e. The van der Waals surface area contributed by atoms with Gasteiger partial charge in [-0.1, -0.05) is 51.5 Å². The van der Waals surface area contributed by atoms with Crippen molar-refractivity contribution in [1.82, 2.24) is 0 Å². The van der Waals surface area contributed by atoms with E-state index in [4.69, 9.17) is 4.74 Å². The monoisotopic (exact) mass is 290 g/mol. The Balaban J connectivity index is 1.82. The highest BCUT2D eigenvalue weighted by Crippen LogP contribution is 2.31. The van der Waals surface area contributed by atoms with Crippen LogP contribution in [0.1, 0.15) is 63.7 Å². The molecule has 2 rings (SSSR count).